The molecule has 0 bridgehead atoms. The molecule has 1 aromatic carbocycles. The van der Waals surface area contributed by atoms with Crippen LogP contribution in [0.3, 0.4) is 0 Å². The van der Waals surface area contributed by atoms with Crippen molar-refractivity contribution in [1.82, 2.24) is 0 Å². The van der Waals surface area contributed by atoms with Gasteiger partial charge in [0.1, 0.15) is 5.84 Å². The molecule has 2 rings (SSSR count). The van der Waals surface area contributed by atoms with Gasteiger partial charge < -0.3 is 5.73 Å². The van der Waals surface area contributed by atoms with E-state index in [2.05, 4.69) is 17.1 Å². The van der Waals surface area contributed by atoms with Gasteiger partial charge in [0, 0.05) is 12.5 Å². The third-order valence-electron chi connectivity index (χ3n) is 2.27. The second kappa shape index (κ2) is 2.97. The minimum atomic E-state index is 0.367. The molecule has 62 valence electrons. The molecule has 0 amide bonds. The molecular weight excluding hydrogens is 148 g/mol. The van der Waals surface area contributed by atoms with Crippen molar-refractivity contribution in [1.29, 1.82) is 0 Å². The lowest BCUT2D eigenvalue weighted by molar-refractivity contribution is 0.839. The van der Waals surface area contributed by atoms with E-state index in [1.54, 1.807) is 0 Å². The van der Waals surface area contributed by atoms with Gasteiger partial charge in [-0.1, -0.05) is 30.3 Å². The van der Waals surface area contributed by atoms with Crippen LogP contribution in [0.5, 0.6) is 0 Å². The number of hydrogen-bond acceptors (Lipinski definition) is 2. The van der Waals surface area contributed by atoms with E-state index in [1.807, 2.05) is 18.2 Å². The van der Waals surface area contributed by atoms with Crippen molar-refractivity contribution in [3.05, 3.63) is 35.9 Å². The molecule has 1 aliphatic heterocycles. The first-order valence-electron chi connectivity index (χ1n) is 4.22. The molecule has 0 saturated heterocycles. The second-order valence-electron chi connectivity index (χ2n) is 3.06. The highest BCUT2D eigenvalue weighted by Gasteiger charge is 2.19. The first-order chi connectivity index (χ1) is 5.88. The maximum Gasteiger partial charge on any atom is 0.101 e. The molecule has 2 heteroatoms. The smallest absolute Gasteiger partial charge is 0.101 e. The summed E-state index contributed by atoms with van der Waals surface area (Å²) >= 11 is 0. The average molecular weight is 160 g/mol. The summed E-state index contributed by atoms with van der Waals surface area (Å²) in [7, 11) is 0. The molecule has 1 aromatic rings. The van der Waals surface area contributed by atoms with Crippen LogP contribution in [0.1, 0.15) is 17.9 Å². The summed E-state index contributed by atoms with van der Waals surface area (Å²) in [5.74, 6) is 1.16. The van der Waals surface area contributed by atoms with E-state index in [0.29, 0.717) is 5.92 Å². The Kier molecular flexibility index (Phi) is 1.82. The van der Waals surface area contributed by atoms with Crippen LogP contribution in [0, 0.1) is 0 Å². The molecular formula is C10H12N2. The second-order valence-corrected chi connectivity index (χ2v) is 3.06. The molecule has 12 heavy (non-hydrogen) atoms. The van der Waals surface area contributed by atoms with Gasteiger partial charge in [-0.2, -0.15) is 0 Å². The summed E-state index contributed by atoms with van der Waals surface area (Å²) in [6, 6.07) is 10.3. The molecule has 0 spiro atoms. The topological polar surface area (TPSA) is 38.4 Å². The Morgan fingerprint density at radius 1 is 1.25 bits per heavy atom. The summed E-state index contributed by atoms with van der Waals surface area (Å²) in [6.45, 7) is 0.880. The third kappa shape index (κ3) is 1.20. The van der Waals surface area contributed by atoms with Crippen molar-refractivity contribution >= 4 is 5.84 Å². The summed E-state index contributed by atoms with van der Waals surface area (Å²) in [6.07, 6.45) is 1.07. The maximum absolute atomic E-state index is 5.76. The van der Waals surface area contributed by atoms with Crippen LogP contribution in [-0.4, -0.2) is 12.4 Å². The van der Waals surface area contributed by atoms with Crippen molar-refractivity contribution in [2.75, 3.05) is 6.54 Å². The molecule has 0 radical (unpaired) electrons. The van der Waals surface area contributed by atoms with E-state index >= 15 is 0 Å². The lowest BCUT2D eigenvalue weighted by atomic mass is 9.97. The fourth-order valence-electron chi connectivity index (χ4n) is 1.60. The van der Waals surface area contributed by atoms with Crippen LogP contribution in [0.25, 0.3) is 0 Å². The number of hydrogen-bond donors (Lipinski definition) is 1. The molecule has 0 saturated carbocycles. The first kappa shape index (κ1) is 7.35. The highest BCUT2D eigenvalue weighted by Crippen LogP contribution is 2.23. The van der Waals surface area contributed by atoms with Crippen LogP contribution >= 0.6 is 0 Å². The van der Waals surface area contributed by atoms with Gasteiger partial charge in [0.2, 0.25) is 0 Å². The monoisotopic (exact) mass is 160 g/mol. The normalized spacial score (nSPS) is 22.3. The van der Waals surface area contributed by atoms with E-state index in [-0.39, 0.29) is 0 Å². The third-order valence-corrected chi connectivity index (χ3v) is 2.27. The average Bonchev–Trinajstić information content (AvgIpc) is 2.53. The minimum absolute atomic E-state index is 0.367. The Bertz CT molecular complexity index is 290. The lowest BCUT2D eigenvalue weighted by Gasteiger charge is -2.08. The zero-order chi connectivity index (χ0) is 8.39. The Labute approximate surface area is 72.1 Å². The van der Waals surface area contributed by atoms with Crippen molar-refractivity contribution in [2.24, 2.45) is 10.7 Å². The molecule has 0 aromatic heterocycles. The highest BCUT2D eigenvalue weighted by atomic mass is 14.9. The molecule has 0 aliphatic carbocycles. The summed E-state index contributed by atoms with van der Waals surface area (Å²) in [4.78, 5) is 4.19. The Morgan fingerprint density at radius 2 is 2.00 bits per heavy atom. The molecule has 1 unspecified atom stereocenters. The maximum atomic E-state index is 5.76. The van der Waals surface area contributed by atoms with Crippen LogP contribution in [0.2, 0.25) is 0 Å². The predicted molar refractivity (Wildman–Crippen MR) is 50.3 cm³/mol. The number of rotatable bonds is 1. The van der Waals surface area contributed by atoms with Crippen LogP contribution < -0.4 is 5.73 Å². The molecule has 0 fully saturated rings. The minimum Gasteiger partial charge on any atom is -0.387 e. The van der Waals surface area contributed by atoms with Crippen molar-refractivity contribution < 1.29 is 0 Å². The molecule has 1 aliphatic rings. The van der Waals surface area contributed by atoms with E-state index in [4.69, 9.17) is 5.73 Å². The van der Waals surface area contributed by atoms with E-state index < -0.39 is 0 Å². The number of aliphatic imine (C=N–C) groups is 1. The van der Waals surface area contributed by atoms with E-state index in [1.165, 1.54) is 5.56 Å². The Morgan fingerprint density at radius 3 is 2.58 bits per heavy atom. The SMILES string of the molecule is NC1=NCCC1c1ccccc1. The number of nitrogens with two attached hydrogens (primary N) is 1. The van der Waals surface area contributed by atoms with Crippen molar-refractivity contribution in [3.8, 4) is 0 Å². The van der Waals surface area contributed by atoms with Crippen LogP contribution in [0.15, 0.2) is 35.3 Å². The lowest BCUT2D eigenvalue weighted by Crippen LogP contribution is -2.17. The number of nitrogens with zero attached hydrogens (tertiary/aromatic N) is 1. The van der Waals surface area contributed by atoms with Gasteiger partial charge >= 0.3 is 0 Å². The Hall–Kier alpha value is -1.31. The van der Waals surface area contributed by atoms with Gasteiger partial charge in [-0.05, 0) is 12.0 Å². The van der Waals surface area contributed by atoms with Gasteiger partial charge in [-0.15, -0.1) is 0 Å². The molecule has 1 atom stereocenters. The highest BCUT2D eigenvalue weighted by molar-refractivity contribution is 5.88. The van der Waals surface area contributed by atoms with Crippen LogP contribution in [0.4, 0.5) is 0 Å². The van der Waals surface area contributed by atoms with E-state index in [9.17, 15) is 0 Å². The van der Waals surface area contributed by atoms with Crippen molar-refractivity contribution in [2.45, 2.75) is 12.3 Å². The summed E-state index contributed by atoms with van der Waals surface area (Å²) < 4.78 is 0. The summed E-state index contributed by atoms with van der Waals surface area (Å²) in [5, 5.41) is 0. The molecule has 2 nitrogen and oxygen atoms in total. The zero-order valence-corrected chi connectivity index (χ0v) is 6.90. The van der Waals surface area contributed by atoms with E-state index in [0.717, 1.165) is 18.8 Å². The van der Waals surface area contributed by atoms with Gasteiger partial charge in [0.15, 0.2) is 0 Å². The fraction of sp³-hybridized carbons (Fsp3) is 0.300. The zero-order valence-electron chi connectivity index (χ0n) is 6.90. The van der Waals surface area contributed by atoms with Gasteiger partial charge in [-0.25, -0.2) is 0 Å². The number of amidine groups is 1. The predicted octanol–water partition coefficient (Wildman–Crippen LogP) is 1.53. The summed E-state index contributed by atoms with van der Waals surface area (Å²) in [5.41, 5.74) is 7.05. The number of benzene rings is 1. The van der Waals surface area contributed by atoms with Gasteiger partial charge in [0.05, 0.1) is 0 Å². The molecule has 2 N–H and O–H groups in total. The van der Waals surface area contributed by atoms with Crippen LogP contribution in [-0.2, 0) is 0 Å². The molecule has 1 heterocycles. The fourth-order valence-corrected chi connectivity index (χ4v) is 1.60. The van der Waals surface area contributed by atoms with Gasteiger partial charge in [-0.3, -0.25) is 4.99 Å². The van der Waals surface area contributed by atoms with Gasteiger partial charge in [0.25, 0.3) is 0 Å². The Balaban J connectivity index is 2.27. The first-order valence-corrected chi connectivity index (χ1v) is 4.22. The van der Waals surface area contributed by atoms with Crippen molar-refractivity contribution in [3.63, 3.8) is 0 Å². The largest absolute Gasteiger partial charge is 0.387 e. The quantitative estimate of drug-likeness (QED) is 0.664. The standard InChI is InChI=1S/C10H12N2/c11-10-9(6-7-12-10)8-4-2-1-3-5-8/h1-5,9H,6-7H2,(H2,11,12).